The molecule has 0 aromatic carbocycles. The molecule has 2 aromatic rings. The van der Waals surface area contributed by atoms with Gasteiger partial charge in [0.2, 0.25) is 0 Å². The number of hydrogen-bond donors (Lipinski definition) is 1. The highest BCUT2D eigenvalue weighted by Crippen LogP contribution is 2.44. The first-order valence-corrected chi connectivity index (χ1v) is 16.7. The third-order valence-electron chi connectivity index (χ3n) is 7.53. The van der Waals surface area contributed by atoms with Crippen LogP contribution in [0.4, 0.5) is 13.2 Å². The van der Waals surface area contributed by atoms with Crippen molar-refractivity contribution in [3.8, 4) is 11.3 Å². The monoisotopic (exact) mass is 682 g/mol. The lowest BCUT2D eigenvalue weighted by Gasteiger charge is -2.25. The Morgan fingerprint density at radius 1 is 1.26 bits per heavy atom. The van der Waals surface area contributed by atoms with E-state index in [4.69, 9.17) is 20.9 Å². The summed E-state index contributed by atoms with van der Waals surface area (Å²) in [6.45, 7) is 11.4. The molecular formula is C32H42ClF3N6O3S. The molecule has 0 radical (unpaired) electrons. The smallest absolute Gasteiger partial charge is 0.390 e. The molecule has 0 amide bonds. The number of aliphatic hydroxyl groups is 1. The molecule has 4 rings (SSSR count). The van der Waals surface area contributed by atoms with E-state index in [1.165, 1.54) is 25.4 Å². The van der Waals surface area contributed by atoms with E-state index in [0.717, 1.165) is 36.9 Å². The number of rotatable bonds is 14. The average molecular weight is 683 g/mol. The molecule has 1 atom stereocenters. The number of nitrogens with zero attached hydrogens (tertiary/aromatic N) is 6. The molecule has 252 valence electrons. The van der Waals surface area contributed by atoms with Gasteiger partial charge in [-0.3, -0.25) is 9.67 Å². The van der Waals surface area contributed by atoms with Crippen LogP contribution in [-0.4, -0.2) is 99.6 Å². The Morgan fingerprint density at radius 2 is 2.02 bits per heavy atom. The number of allylic oxidation sites excluding steroid dienone is 5. The Hall–Kier alpha value is -2.84. The van der Waals surface area contributed by atoms with E-state index >= 15 is 0 Å². The Labute approximate surface area is 277 Å². The predicted molar refractivity (Wildman–Crippen MR) is 178 cm³/mol. The van der Waals surface area contributed by atoms with Gasteiger partial charge < -0.3 is 24.2 Å². The maximum atomic E-state index is 14.5. The predicted octanol–water partition coefficient (Wildman–Crippen LogP) is 6.44. The van der Waals surface area contributed by atoms with Crippen LogP contribution in [0.1, 0.15) is 49.7 Å². The second-order valence-corrected chi connectivity index (χ2v) is 13.5. The fraction of sp³-hybridized carbons (Fsp3) is 0.531. The molecule has 1 fully saturated rings. The summed E-state index contributed by atoms with van der Waals surface area (Å²) in [6.07, 6.45) is 7.77. The van der Waals surface area contributed by atoms with Crippen molar-refractivity contribution in [3.05, 3.63) is 65.3 Å². The van der Waals surface area contributed by atoms with Gasteiger partial charge in [0.25, 0.3) is 0 Å². The summed E-state index contributed by atoms with van der Waals surface area (Å²) in [6, 6.07) is -0.651. The van der Waals surface area contributed by atoms with Gasteiger partial charge in [-0.05, 0) is 32.8 Å². The molecule has 0 aliphatic carbocycles. The van der Waals surface area contributed by atoms with Crippen LogP contribution >= 0.6 is 23.4 Å². The molecule has 1 saturated heterocycles. The maximum absolute atomic E-state index is 14.5. The van der Waals surface area contributed by atoms with E-state index in [9.17, 15) is 18.3 Å². The molecule has 0 spiro atoms. The highest BCUT2D eigenvalue weighted by atomic mass is 35.5. The van der Waals surface area contributed by atoms with E-state index in [1.54, 1.807) is 24.4 Å². The van der Waals surface area contributed by atoms with Crippen molar-refractivity contribution in [1.29, 1.82) is 0 Å². The molecule has 0 bridgehead atoms. The van der Waals surface area contributed by atoms with Crippen molar-refractivity contribution < 1.29 is 27.5 Å². The summed E-state index contributed by atoms with van der Waals surface area (Å²) < 4.78 is 56.0. The normalized spacial score (nSPS) is 18.6. The molecule has 46 heavy (non-hydrogen) atoms. The molecule has 14 heteroatoms. The van der Waals surface area contributed by atoms with Crippen LogP contribution in [0.5, 0.6) is 0 Å². The van der Waals surface area contributed by atoms with E-state index in [2.05, 4.69) is 26.7 Å². The summed E-state index contributed by atoms with van der Waals surface area (Å²) in [4.78, 5) is 8.93. The number of alkyl halides is 3. The minimum absolute atomic E-state index is 0.0573. The number of halogens is 4. The molecule has 2 aliphatic rings. The molecule has 2 aromatic heterocycles. The Balaban J connectivity index is 1.63. The number of hydrogen-bond acceptors (Lipinski definition) is 9. The van der Waals surface area contributed by atoms with E-state index < -0.39 is 23.5 Å². The first kappa shape index (κ1) is 36.0. The standard InChI is InChI=1S/C32H42ClF3N6O3S/c1-23(33)24(9-5-6-17-44-18-8-13-41-15-19-46-20-16-41)28-27(26-22-40(4)12-7-11-37-26)29(45-39-28)25-21-38-42(14-10-31(2,3)43)30(25)32(34,35)36/h5-7,9,11-12,21,26,43H,1,8,10,13-20,22H2,2-4H3/b6-5-,24-9+. The third kappa shape index (κ3) is 10.1. The van der Waals surface area contributed by atoms with Gasteiger partial charge in [-0.15, -0.1) is 0 Å². The van der Waals surface area contributed by atoms with Crippen molar-refractivity contribution in [2.75, 3.05) is 57.9 Å². The van der Waals surface area contributed by atoms with Crippen LogP contribution in [0.25, 0.3) is 16.9 Å². The van der Waals surface area contributed by atoms with Crippen molar-refractivity contribution in [2.24, 2.45) is 4.99 Å². The van der Waals surface area contributed by atoms with Gasteiger partial charge in [0, 0.05) is 80.9 Å². The summed E-state index contributed by atoms with van der Waals surface area (Å²) in [5.41, 5.74) is -1.53. The Kier molecular flexibility index (Phi) is 12.8. The average Bonchev–Trinajstić information content (AvgIpc) is 3.55. The summed E-state index contributed by atoms with van der Waals surface area (Å²) in [5, 5.41) is 18.6. The number of aryl methyl sites for hydroxylation is 1. The lowest BCUT2D eigenvalue weighted by atomic mass is 9.96. The SMILES string of the molecule is C=C(Cl)/C(=C\C=C/COCCCN1CCSCC1)c1noc(-c2cnn(CCC(C)(C)O)c2C(F)(F)F)c1C1CN(C)C=CC=N1. The topological polar surface area (TPSA) is 92.1 Å². The zero-order chi connectivity index (χ0) is 33.3. The van der Waals surface area contributed by atoms with Crippen LogP contribution in [0.3, 0.4) is 0 Å². The summed E-state index contributed by atoms with van der Waals surface area (Å²) in [7, 11) is 1.84. The third-order valence-corrected chi connectivity index (χ3v) is 8.68. The van der Waals surface area contributed by atoms with E-state index in [1.807, 2.05) is 36.0 Å². The molecule has 9 nitrogen and oxygen atoms in total. The van der Waals surface area contributed by atoms with Gasteiger partial charge in [0.15, 0.2) is 11.5 Å². The highest BCUT2D eigenvalue weighted by Gasteiger charge is 2.41. The summed E-state index contributed by atoms with van der Waals surface area (Å²) >= 11 is 8.44. The van der Waals surface area contributed by atoms with Crippen LogP contribution in [-0.2, 0) is 17.5 Å². The van der Waals surface area contributed by atoms with Gasteiger partial charge in [-0.2, -0.15) is 30.0 Å². The Morgan fingerprint density at radius 3 is 2.72 bits per heavy atom. The Bertz CT molecular complexity index is 1440. The van der Waals surface area contributed by atoms with Crippen LogP contribution < -0.4 is 0 Å². The van der Waals surface area contributed by atoms with Gasteiger partial charge in [-0.1, -0.05) is 41.6 Å². The zero-order valence-electron chi connectivity index (χ0n) is 26.5. The van der Waals surface area contributed by atoms with Gasteiger partial charge in [-0.25, -0.2) is 0 Å². The lowest BCUT2D eigenvalue weighted by Crippen LogP contribution is -2.33. The van der Waals surface area contributed by atoms with Crippen molar-refractivity contribution >= 4 is 35.2 Å². The van der Waals surface area contributed by atoms with Crippen LogP contribution in [0.15, 0.2) is 57.8 Å². The first-order chi connectivity index (χ1) is 21.8. The molecular weight excluding hydrogens is 641 g/mol. The zero-order valence-corrected chi connectivity index (χ0v) is 28.0. The molecule has 1 N–H and O–H groups in total. The quantitative estimate of drug-likeness (QED) is 0.180. The molecule has 4 heterocycles. The number of ether oxygens (including phenoxy) is 1. The van der Waals surface area contributed by atoms with Gasteiger partial charge in [0.05, 0.1) is 35.6 Å². The number of aliphatic imine (C=N–C) groups is 1. The minimum Gasteiger partial charge on any atom is -0.390 e. The van der Waals surface area contributed by atoms with Crippen molar-refractivity contribution in [1.82, 2.24) is 24.7 Å². The maximum Gasteiger partial charge on any atom is 0.433 e. The van der Waals surface area contributed by atoms with Crippen LogP contribution in [0.2, 0.25) is 0 Å². The van der Waals surface area contributed by atoms with E-state index in [-0.39, 0.29) is 35.0 Å². The molecule has 0 saturated carbocycles. The molecule has 2 aliphatic heterocycles. The minimum atomic E-state index is -4.77. The fourth-order valence-electron chi connectivity index (χ4n) is 5.16. The van der Waals surface area contributed by atoms with Gasteiger partial charge >= 0.3 is 6.18 Å². The first-order valence-electron chi connectivity index (χ1n) is 15.2. The lowest BCUT2D eigenvalue weighted by molar-refractivity contribution is -0.144. The van der Waals surface area contributed by atoms with Crippen LogP contribution in [0, 0.1) is 0 Å². The van der Waals surface area contributed by atoms with E-state index in [0.29, 0.717) is 30.9 Å². The number of thioether (sulfide) groups is 1. The van der Waals surface area contributed by atoms with Crippen molar-refractivity contribution in [3.63, 3.8) is 0 Å². The number of likely N-dealkylation sites (N-methyl/N-ethyl adjacent to an activating group) is 1. The number of aromatic nitrogens is 3. The largest absolute Gasteiger partial charge is 0.433 e. The molecule has 1 unspecified atom stereocenters. The van der Waals surface area contributed by atoms with Gasteiger partial charge in [0.1, 0.15) is 5.69 Å². The van der Waals surface area contributed by atoms with Crippen molar-refractivity contribution in [2.45, 2.75) is 51.1 Å². The fourth-order valence-corrected chi connectivity index (χ4v) is 6.30. The highest BCUT2D eigenvalue weighted by molar-refractivity contribution is 7.99. The summed E-state index contributed by atoms with van der Waals surface area (Å²) in [5.74, 6) is 2.24. The second kappa shape index (κ2) is 16.3. The second-order valence-electron chi connectivity index (χ2n) is 11.9.